The number of anilines is 2. The molecule has 1 saturated heterocycles. The van der Waals surface area contributed by atoms with Gasteiger partial charge in [0.15, 0.2) is 0 Å². The number of urea groups is 1. The number of hydroxylamine groups is 1. The zero-order valence-electron chi connectivity index (χ0n) is 18.3. The summed E-state index contributed by atoms with van der Waals surface area (Å²) in [6, 6.07) is 2.32. The van der Waals surface area contributed by atoms with Crippen molar-refractivity contribution in [1.29, 1.82) is 0 Å². The third kappa shape index (κ3) is 4.38. The summed E-state index contributed by atoms with van der Waals surface area (Å²) < 4.78 is 33.1. The van der Waals surface area contributed by atoms with Gasteiger partial charge in [-0.2, -0.15) is 18.0 Å². The Bertz CT molecular complexity index is 1090. The topological polar surface area (TPSA) is 121 Å². The lowest BCUT2D eigenvalue weighted by molar-refractivity contribution is -0.604. The van der Waals surface area contributed by atoms with Crippen LogP contribution in [0, 0.1) is 5.21 Å². The number of nitrogens with zero attached hydrogens (tertiary/aromatic N) is 3. The number of carbonyl (C=O) groups excluding carboxylic acids is 1. The predicted molar refractivity (Wildman–Crippen MR) is 120 cm³/mol. The molecule has 2 N–H and O–H groups in total. The van der Waals surface area contributed by atoms with Crippen molar-refractivity contribution < 1.29 is 22.4 Å². The van der Waals surface area contributed by atoms with Crippen LogP contribution in [0.5, 0.6) is 0 Å². The van der Waals surface area contributed by atoms with E-state index in [1.165, 1.54) is 17.1 Å². The molecule has 10 nitrogen and oxygen atoms in total. The van der Waals surface area contributed by atoms with Crippen molar-refractivity contribution >= 4 is 27.6 Å². The van der Waals surface area contributed by atoms with Crippen molar-refractivity contribution in [2.75, 3.05) is 22.8 Å². The normalized spacial score (nSPS) is 17.7. The van der Waals surface area contributed by atoms with Gasteiger partial charge in [-0.25, -0.2) is 9.10 Å². The molecule has 1 fully saturated rings. The van der Waals surface area contributed by atoms with Gasteiger partial charge in [-0.15, -0.1) is 0 Å². The molecule has 174 valence electrons. The van der Waals surface area contributed by atoms with Gasteiger partial charge < -0.3 is 9.94 Å². The van der Waals surface area contributed by atoms with Crippen LogP contribution < -0.4 is 14.1 Å². The van der Waals surface area contributed by atoms with Crippen molar-refractivity contribution in [3.63, 3.8) is 0 Å². The highest BCUT2D eigenvalue weighted by Crippen LogP contribution is 2.31. The number of hydrogen-bond donors (Lipinski definition) is 2. The molecule has 1 unspecified atom stereocenters. The third-order valence-electron chi connectivity index (χ3n) is 6.08. The largest absolute Gasteiger partial charge is 0.608 e. The van der Waals surface area contributed by atoms with E-state index in [0.29, 0.717) is 31.7 Å². The monoisotopic (exact) mass is 463 g/mol. The van der Waals surface area contributed by atoms with Gasteiger partial charge in [-0.1, -0.05) is 13.0 Å². The van der Waals surface area contributed by atoms with E-state index >= 15 is 0 Å². The van der Waals surface area contributed by atoms with Crippen LogP contribution in [-0.4, -0.2) is 43.5 Å². The fourth-order valence-electron chi connectivity index (χ4n) is 4.46. The van der Waals surface area contributed by atoms with Crippen molar-refractivity contribution in [1.82, 2.24) is 9.78 Å². The van der Waals surface area contributed by atoms with Gasteiger partial charge in [0.2, 0.25) is 0 Å². The highest BCUT2D eigenvalue weighted by atomic mass is 32.2. The van der Waals surface area contributed by atoms with Gasteiger partial charge in [0.25, 0.3) is 0 Å². The molecule has 32 heavy (non-hydrogen) atoms. The molecule has 2 aliphatic rings. The molecule has 0 saturated carbocycles. The molecule has 0 bridgehead atoms. The van der Waals surface area contributed by atoms with E-state index in [2.05, 4.69) is 16.5 Å². The third-order valence-corrected chi connectivity index (χ3v) is 7.76. The number of aromatic nitrogens is 2. The van der Waals surface area contributed by atoms with E-state index in [4.69, 9.17) is 4.74 Å². The Hall–Kier alpha value is -2.47. The van der Waals surface area contributed by atoms with E-state index in [0.717, 1.165) is 46.7 Å². The fourth-order valence-corrected chi connectivity index (χ4v) is 5.89. The lowest BCUT2D eigenvalue weighted by Gasteiger charge is -2.35. The molecule has 0 radical (unpaired) electrons. The Morgan fingerprint density at radius 3 is 2.75 bits per heavy atom. The molecule has 4 rings (SSSR count). The summed E-state index contributed by atoms with van der Waals surface area (Å²) in [6.45, 7) is 2.78. The Morgan fingerprint density at radius 2 is 2.09 bits per heavy atom. The Morgan fingerprint density at radius 1 is 1.34 bits per heavy atom. The van der Waals surface area contributed by atoms with Crippen LogP contribution in [0.4, 0.5) is 16.2 Å². The minimum atomic E-state index is -4.62. The summed E-state index contributed by atoms with van der Waals surface area (Å²) >= 11 is 0. The molecule has 2 amide bonds. The predicted octanol–water partition coefficient (Wildman–Crippen LogP) is 1.32. The number of carbonyl (C=O) groups is 1. The van der Waals surface area contributed by atoms with E-state index in [9.17, 15) is 18.4 Å². The van der Waals surface area contributed by atoms with Gasteiger partial charge in [0.1, 0.15) is 0 Å². The smallest absolute Gasteiger partial charge is 0.436 e. The zero-order chi connectivity index (χ0) is 22.9. The van der Waals surface area contributed by atoms with E-state index < -0.39 is 26.8 Å². The molecule has 1 aromatic carbocycles. The summed E-state index contributed by atoms with van der Waals surface area (Å²) in [6.07, 6.45) is 7.21. The Balaban J connectivity index is 1.62. The number of amides is 2. The summed E-state index contributed by atoms with van der Waals surface area (Å²) in [5, 5.41) is 19.6. The van der Waals surface area contributed by atoms with Crippen LogP contribution in [-0.2, 0) is 41.3 Å². The number of nitrogens with one attached hydrogen (secondary N) is 2. The number of rotatable bonds is 6. The van der Waals surface area contributed by atoms with Gasteiger partial charge in [-0.05, 0) is 61.3 Å². The minimum absolute atomic E-state index is 0.259. The second-order valence-electron chi connectivity index (χ2n) is 8.25. The SMILES string of the molecule is CCc1cc2c(c(NC(=O)[NH+]([O-])S(=O)(=O)N(c3cnn(C)c3)C3CCOCC3)c1)CCC2. The summed E-state index contributed by atoms with van der Waals surface area (Å²) in [4.78, 5) is 12.9. The Labute approximate surface area is 187 Å². The van der Waals surface area contributed by atoms with Crippen LogP contribution >= 0.6 is 0 Å². The number of hydrogen-bond acceptors (Lipinski definition) is 6. The maximum atomic E-state index is 13.4. The van der Waals surface area contributed by atoms with Crippen molar-refractivity contribution in [3.05, 3.63) is 46.4 Å². The molecule has 2 heterocycles. The van der Waals surface area contributed by atoms with Gasteiger partial charge >= 0.3 is 16.2 Å². The molecular weight excluding hydrogens is 434 g/mol. The van der Waals surface area contributed by atoms with Gasteiger partial charge in [0, 0.05) is 32.1 Å². The molecule has 1 aromatic heterocycles. The van der Waals surface area contributed by atoms with E-state index in [1.54, 1.807) is 7.05 Å². The lowest BCUT2D eigenvalue weighted by Crippen LogP contribution is -3.14. The standard InChI is InChI=1S/C21H29N5O5S/c1-3-15-11-16-5-4-6-19(16)20(12-15)23-21(27)26(28)32(29,30)25(17-7-9-31-10-8-17)18-13-22-24(2)14-18/h11-14,17,26H,3-10H2,1-2H3,(H,23,27). The Kier molecular flexibility index (Phi) is 6.52. The van der Waals surface area contributed by atoms with Gasteiger partial charge in [0.05, 0.1) is 17.9 Å². The highest BCUT2D eigenvalue weighted by Gasteiger charge is 2.40. The van der Waals surface area contributed by atoms with Crippen LogP contribution in [0.3, 0.4) is 0 Å². The molecule has 2 aromatic rings. The summed E-state index contributed by atoms with van der Waals surface area (Å²) in [5.41, 5.74) is 3.96. The van der Waals surface area contributed by atoms with Crippen molar-refractivity contribution in [2.45, 2.75) is 51.5 Å². The summed E-state index contributed by atoms with van der Waals surface area (Å²) in [5.74, 6) is 0. The quantitative estimate of drug-likeness (QED) is 0.623. The molecule has 1 aliphatic carbocycles. The number of ether oxygens (including phenoxy) is 1. The van der Waals surface area contributed by atoms with Crippen molar-refractivity contribution in [3.8, 4) is 0 Å². The van der Waals surface area contributed by atoms with Crippen LogP contribution in [0.1, 0.15) is 42.9 Å². The first-order valence-corrected chi connectivity index (χ1v) is 12.4. The fraction of sp³-hybridized carbons (Fsp3) is 0.524. The first-order chi connectivity index (χ1) is 15.3. The van der Waals surface area contributed by atoms with Crippen LogP contribution in [0.15, 0.2) is 24.5 Å². The van der Waals surface area contributed by atoms with Crippen molar-refractivity contribution in [2.24, 2.45) is 7.05 Å². The first kappa shape index (κ1) is 22.7. The highest BCUT2D eigenvalue weighted by molar-refractivity contribution is 7.86. The number of fused-ring (bicyclic) bond motifs is 1. The number of aryl methyl sites for hydroxylation is 3. The van der Waals surface area contributed by atoms with Crippen LogP contribution in [0.25, 0.3) is 0 Å². The first-order valence-electron chi connectivity index (χ1n) is 10.9. The minimum Gasteiger partial charge on any atom is -0.608 e. The molecule has 1 aliphatic heterocycles. The van der Waals surface area contributed by atoms with Crippen LogP contribution in [0.2, 0.25) is 0 Å². The zero-order valence-corrected chi connectivity index (χ0v) is 19.2. The molecule has 11 heteroatoms. The van der Waals surface area contributed by atoms with E-state index in [1.807, 2.05) is 13.0 Å². The maximum Gasteiger partial charge on any atom is 0.436 e. The molecule has 0 spiro atoms. The second kappa shape index (κ2) is 9.18. The van der Waals surface area contributed by atoms with E-state index in [-0.39, 0.29) is 5.69 Å². The molecule has 1 atom stereocenters. The second-order valence-corrected chi connectivity index (χ2v) is 9.96. The average molecular weight is 464 g/mol. The lowest BCUT2D eigenvalue weighted by atomic mass is 10.0. The average Bonchev–Trinajstić information content (AvgIpc) is 3.42. The number of benzene rings is 1. The number of quaternary nitrogens is 1. The van der Waals surface area contributed by atoms with Gasteiger partial charge in [-0.3, -0.25) is 10.00 Å². The maximum absolute atomic E-state index is 13.4. The summed E-state index contributed by atoms with van der Waals surface area (Å²) in [7, 11) is -2.96. The molecular formula is C21H29N5O5S.